The van der Waals surface area contributed by atoms with E-state index in [-0.39, 0.29) is 0 Å². The van der Waals surface area contributed by atoms with Crippen molar-refractivity contribution in [3.63, 3.8) is 0 Å². The zero-order valence-corrected chi connectivity index (χ0v) is 15.4. The topological polar surface area (TPSA) is 30.9 Å². The number of rotatable bonds is 4. The number of benzene rings is 2. The highest BCUT2D eigenvalue weighted by atomic mass is 16.5. The van der Waals surface area contributed by atoms with Gasteiger partial charge in [-0.15, -0.1) is 0 Å². The smallest absolute Gasteiger partial charge is 0.161 e. The van der Waals surface area contributed by atoms with E-state index in [1.165, 1.54) is 27.8 Å². The highest BCUT2D eigenvalue weighted by Crippen LogP contribution is 2.51. The molecule has 0 saturated heterocycles. The summed E-state index contributed by atoms with van der Waals surface area (Å²) in [7, 11) is 5.66. The molecule has 2 aromatic rings. The summed E-state index contributed by atoms with van der Waals surface area (Å²) in [6, 6.07) is 8.99. The Balaban J connectivity index is 1.98. The lowest BCUT2D eigenvalue weighted by atomic mass is 9.76. The molecule has 0 radical (unpaired) electrons. The van der Waals surface area contributed by atoms with Crippen molar-refractivity contribution in [2.45, 2.75) is 25.8 Å². The Morgan fingerprint density at radius 3 is 2.56 bits per heavy atom. The Morgan fingerprint density at radius 1 is 1.04 bits per heavy atom. The molecule has 4 nitrogen and oxygen atoms in total. The lowest BCUT2D eigenvalue weighted by Crippen LogP contribution is -2.35. The molecule has 0 spiro atoms. The minimum absolute atomic E-state index is 0.393. The van der Waals surface area contributed by atoms with Crippen LogP contribution in [0.4, 0.5) is 0 Å². The molecular formula is C21H25NO3. The number of ether oxygens (including phenoxy) is 3. The predicted molar refractivity (Wildman–Crippen MR) is 98.9 cm³/mol. The summed E-state index contributed by atoms with van der Waals surface area (Å²) in [6.45, 7) is 3.72. The summed E-state index contributed by atoms with van der Waals surface area (Å²) >= 11 is 0. The van der Waals surface area contributed by atoms with E-state index in [2.05, 4.69) is 36.2 Å². The summed E-state index contributed by atoms with van der Waals surface area (Å²) < 4.78 is 17.1. The van der Waals surface area contributed by atoms with Crippen LogP contribution >= 0.6 is 0 Å². The van der Waals surface area contributed by atoms with Crippen LogP contribution in [0.5, 0.6) is 17.2 Å². The number of hydrogen-bond donors (Lipinski definition) is 0. The van der Waals surface area contributed by atoms with Crippen LogP contribution in [0.1, 0.15) is 29.7 Å². The maximum absolute atomic E-state index is 5.80. The van der Waals surface area contributed by atoms with Crippen LogP contribution in [0.25, 0.3) is 11.1 Å². The molecule has 0 fully saturated rings. The van der Waals surface area contributed by atoms with Gasteiger partial charge < -0.3 is 14.2 Å². The Hall–Kier alpha value is -2.20. The molecule has 1 aliphatic heterocycles. The molecule has 1 atom stereocenters. The average Bonchev–Trinajstić information content (AvgIpc) is 2.64. The van der Waals surface area contributed by atoms with Gasteiger partial charge in [0.05, 0.1) is 20.8 Å². The van der Waals surface area contributed by atoms with E-state index < -0.39 is 0 Å². The largest absolute Gasteiger partial charge is 0.496 e. The van der Waals surface area contributed by atoms with E-state index in [0.717, 1.165) is 36.6 Å². The minimum atomic E-state index is 0.393. The first-order chi connectivity index (χ1) is 12.2. The minimum Gasteiger partial charge on any atom is -0.496 e. The number of fused-ring (bicyclic) bond motifs is 2. The number of likely N-dealkylation sites (N-methyl/N-ethyl adjacent to an activating group) is 1. The molecule has 1 unspecified atom stereocenters. The molecule has 0 N–H and O–H groups in total. The van der Waals surface area contributed by atoms with Crippen LogP contribution in [0.15, 0.2) is 24.3 Å². The maximum atomic E-state index is 5.80. The predicted octanol–water partition coefficient (Wildman–Crippen LogP) is 3.85. The van der Waals surface area contributed by atoms with Crippen molar-refractivity contribution in [2.24, 2.45) is 0 Å². The summed E-state index contributed by atoms with van der Waals surface area (Å²) in [5.41, 5.74) is 6.59. The molecule has 1 aliphatic carbocycles. The van der Waals surface area contributed by atoms with E-state index in [9.17, 15) is 0 Å². The molecule has 25 heavy (non-hydrogen) atoms. The zero-order valence-electron chi connectivity index (χ0n) is 15.4. The fourth-order valence-corrected chi connectivity index (χ4v) is 4.26. The van der Waals surface area contributed by atoms with Gasteiger partial charge in [0.15, 0.2) is 11.5 Å². The van der Waals surface area contributed by atoms with Gasteiger partial charge in [0.2, 0.25) is 0 Å². The zero-order chi connectivity index (χ0) is 17.6. The van der Waals surface area contributed by atoms with Gasteiger partial charge in [0, 0.05) is 18.2 Å². The van der Waals surface area contributed by atoms with Crippen molar-refractivity contribution in [1.29, 1.82) is 0 Å². The fraction of sp³-hybridized carbons (Fsp3) is 0.429. The highest BCUT2D eigenvalue weighted by molar-refractivity contribution is 5.82. The van der Waals surface area contributed by atoms with Crippen molar-refractivity contribution in [1.82, 2.24) is 4.90 Å². The van der Waals surface area contributed by atoms with Gasteiger partial charge in [-0.05, 0) is 67.3 Å². The molecule has 4 rings (SSSR count). The van der Waals surface area contributed by atoms with Crippen LogP contribution in [-0.2, 0) is 12.8 Å². The molecular weight excluding hydrogens is 314 g/mol. The van der Waals surface area contributed by atoms with Crippen LogP contribution in [0, 0.1) is 0 Å². The first-order valence-corrected chi connectivity index (χ1v) is 8.92. The summed E-state index contributed by atoms with van der Waals surface area (Å²) in [5, 5.41) is 0. The van der Waals surface area contributed by atoms with Gasteiger partial charge in [0.25, 0.3) is 0 Å². The van der Waals surface area contributed by atoms with Gasteiger partial charge in [-0.25, -0.2) is 0 Å². The van der Waals surface area contributed by atoms with Gasteiger partial charge in [-0.1, -0.05) is 6.07 Å². The molecule has 132 valence electrons. The maximum Gasteiger partial charge on any atom is 0.161 e. The summed E-state index contributed by atoms with van der Waals surface area (Å²) in [5.74, 6) is 2.54. The van der Waals surface area contributed by atoms with Crippen molar-refractivity contribution in [2.75, 3.05) is 34.4 Å². The normalized spacial score (nSPS) is 18.3. The third-order valence-electron chi connectivity index (χ3n) is 5.49. The molecule has 2 aliphatic rings. The van der Waals surface area contributed by atoms with Crippen molar-refractivity contribution in [3.8, 4) is 28.4 Å². The van der Waals surface area contributed by atoms with Crippen LogP contribution in [-0.4, -0.2) is 39.3 Å². The second-order valence-electron chi connectivity index (χ2n) is 6.76. The lowest BCUT2D eigenvalue weighted by Gasteiger charge is -2.40. The fourth-order valence-electron chi connectivity index (χ4n) is 4.26. The van der Waals surface area contributed by atoms with E-state index in [1.807, 2.05) is 6.92 Å². The van der Waals surface area contributed by atoms with Crippen LogP contribution < -0.4 is 14.2 Å². The van der Waals surface area contributed by atoms with Gasteiger partial charge in [-0.2, -0.15) is 0 Å². The molecule has 0 saturated carbocycles. The SMILES string of the molecule is CCOc1cc2c(cc1OC)-c1c(OC)ccc3c1C(C2)N(C)CC3. The molecule has 0 aromatic heterocycles. The first-order valence-electron chi connectivity index (χ1n) is 8.92. The van der Waals surface area contributed by atoms with Gasteiger partial charge >= 0.3 is 0 Å². The van der Waals surface area contributed by atoms with Crippen LogP contribution in [0.3, 0.4) is 0 Å². The van der Waals surface area contributed by atoms with E-state index in [4.69, 9.17) is 14.2 Å². The lowest BCUT2D eigenvalue weighted by molar-refractivity contribution is 0.227. The van der Waals surface area contributed by atoms with E-state index in [0.29, 0.717) is 12.6 Å². The average molecular weight is 339 g/mol. The van der Waals surface area contributed by atoms with Gasteiger partial charge in [0.1, 0.15) is 5.75 Å². The van der Waals surface area contributed by atoms with Crippen molar-refractivity contribution < 1.29 is 14.2 Å². The third-order valence-corrected chi connectivity index (χ3v) is 5.49. The quantitative estimate of drug-likeness (QED) is 0.846. The Labute approximate surface area is 149 Å². The number of nitrogens with zero attached hydrogens (tertiary/aromatic N) is 1. The standard InChI is InChI=1S/C21H25NO3/c1-5-25-19-11-14-10-16-20-13(8-9-22(16)2)6-7-17(23-3)21(20)15(14)12-18(19)24-4/h6-7,11-12,16H,5,8-10H2,1-4H3. The molecule has 0 bridgehead atoms. The molecule has 0 amide bonds. The molecule has 4 heteroatoms. The van der Waals surface area contributed by atoms with E-state index >= 15 is 0 Å². The first kappa shape index (κ1) is 16.3. The van der Waals surface area contributed by atoms with E-state index in [1.54, 1.807) is 14.2 Å². The van der Waals surface area contributed by atoms with Crippen molar-refractivity contribution >= 4 is 0 Å². The third kappa shape index (κ3) is 2.47. The summed E-state index contributed by atoms with van der Waals surface area (Å²) in [6.07, 6.45) is 2.08. The Kier molecular flexibility index (Phi) is 4.08. The van der Waals surface area contributed by atoms with Crippen LogP contribution in [0.2, 0.25) is 0 Å². The number of hydrogen-bond acceptors (Lipinski definition) is 4. The van der Waals surface area contributed by atoms with Gasteiger partial charge in [-0.3, -0.25) is 4.90 Å². The monoisotopic (exact) mass is 339 g/mol. The molecule has 2 aromatic carbocycles. The second-order valence-corrected chi connectivity index (χ2v) is 6.76. The second kappa shape index (κ2) is 6.26. The highest BCUT2D eigenvalue weighted by Gasteiger charge is 2.35. The number of methoxy groups -OCH3 is 2. The Morgan fingerprint density at radius 2 is 1.84 bits per heavy atom. The Bertz CT molecular complexity index is 815. The summed E-state index contributed by atoms with van der Waals surface area (Å²) in [4.78, 5) is 2.46. The molecule has 1 heterocycles. The van der Waals surface area contributed by atoms with Crippen molar-refractivity contribution in [3.05, 3.63) is 41.0 Å².